The first-order valence-electron chi connectivity index (χ1n) is 7.74. The third-order valence-corrected chi connectivity index (χ3v) is 4.27. The maximum atomic E-state index is 12.7. The molecule has 118 valence electrons. The van der Waals surface area contributed by atoms with E-state index in [9.17, 15) is 9.59 Å². The normalized spacial score (nSPS) is 14.9. The van der Waals surface area contributed by atoms with Crippen molar-refractivity contribution in [1.82, 2.24) is 9.55 Å². The van der Waals surface area contributed by atoms with E-state index in [1.807, 2.05) is 30.3 Å². The van der Waals surface area contributed by atoms with Crippen LogP contribution in [0.2, 0.25) is 0 Å². The van der Waals surface area contributed by atoms with Gasteiger partial charge in [-0.2, -0.15) is 0 Å². The summed E-state index contributed by atoms with van der Waals surface area (Å²) >= 11 is 0. The molecule has 5 heteroatoms. The quantitative estimate of drug-likeness (QED) is 0.788. The van der Waals surface area contributed by atoms with Gasteiger partial charge >= 0.3 is 0 Å². The van der Waals surface area contributed by atoms with Crippen LogP contribution in [-0.2, 0) is 6.54 Å². The first-order valence-corrected chi connectivity index (χ1v) is 7.74. The van der Waals surface area contributed by atoms with Crippen LogP contribution in [0.3, 0.4) is 0 Å². The molecular weight excluding hydrogens is 302 g/mol. The highest BCUT2D eigenvalue weighted by molar-refractivity contribution is 5.97. The van der Waals surface area contributed by atoms with Crippen molar-refractivity contribution in [3.05, 3.63) is 75.8 Å². The molecule has 0 atom stereocenters. The van der Waals surface area contributed by atoms with E-state index in [0.717, 1.165) is 17.6 Å². The largest absolute Gasteiger partial charge is 0.366 e. The number of hydrogen-bond donors (Lipinski definition) is 1. The molecule has 5 nitrogen and oxygen atoms in total. The average molecular weight is 317 g/mol. The van der Waals surface area contributed by atoms with Crippen molar-refractivity contribution >= 4 is 28.5 Å². The SMILES string of the molecule is NC(=O)c1ccc2nc3n(c(=O)c2c1)CCC3=Cc1ccccc1. The molecule has 0 saturated heterocycles. The topological polar surface area (TPSA) is 78.0 Å². The number of nitrogens with zero attached hydrogens (tertiary/aromatic N) is 2. The number of carbonyl (C=O) groups excluding carboxylic acids is 1. The lowest BCUT2D eigenvalue weighted by atomic mass is 10.1. The number of primary amides is 1. The van der Waals surface area contributed by atoms with Gasteiger partial charge in [0.25, 0.3) is 5.56 Å². The van der Waals surface area contributed by atoms with Crippen molar-refractivity contribution in [2.24, 2.45) is 5.73 Å². The summed E-state index contributed by atoms with van der Waals surface area (Å²) in [6.45, 7) is 0.594. The number of allylic oxidation sites excluding steroid dienone is 1. The van der Waals surface area contributed by atoms with Crippen LogP contribution in [0.1, 0.15) is 28.2 Å². The zero-order valence-electron chi connectivity index (χ0n) is 12.9. The third-order valence-electron chi connectivity index (χ3n) is 4.27. The Bertz CT molecular complexity index is 1050. The van der Waals surface area contributed by atoms with Gasteiger partial charge in [-0.15, -0.1) is 0 Å². The average Bonchev–Trinajstić information content (AvgIpc) is 2.99. The van der Waals surface area contributed by atoms with Gasteiger partial charge < -0.3 is 5.73 Å². The Balaban J connectivity index is 1.90. The molecule has 1 aliphatic heterocycles. The number of hydrogen-bond acceptors (Lipinski definition) is 3. The fourth-order valence-corrected chi connectivity index (χ4v) is 3.06. The number of benzene rings is 2. The van der Waals surface area contributed by atoms with Gasteiger partial charge in [0.1, 0.15) is 5.82 Å². The van der Waals surface area contributed by atoms with Crippen molar-refractivity contribution in [2.75, 3.05) is 0 Å². The third kappa shape index (κ3) is 2.31. The lowest BCUT2D eigenvalue weighted by molar-refractivity contribution is 0.100. The van der Waals surface area contributed by atoms with Crippen molar-refractivity contribution in [2.45, 2.75) is 13.0 Å². The Hall–Kier alpha value is -3.21. The molecule has 1 aliphatic rings. The molecule has 0 spiro atoms. The van der Waals surface area contributed by atoms with Gasteiger partial charge in [0.2, 0.25) is 5.91 Å². The Morgan fingerprint density at radius 1 is 1.17 bits per heavy atom. The fourth-order valence-electron chi connectivity index (χ4n) is 3.06. The first kappa shape index (κ1) is 14.4. The van der Waals surface area contributed by atoms with E-state index in [1.54, 1.807) is 16.7 Å². The van der Waals surface area contributed by atoms with Crippen LogP contribution < -0.4 is 11.3 Å². The minimum absolute atomic E-state index is 0.130. The minimum atomic E-state index is -0.550. The van der Waals surface area contributed by atoms with Crippen LogP contribution in [0.5, 0.6) is 0 Å². The Morgan fingerprint density at radius 3 is 2.71 bits per heavy atom. The molecule has 1 amide bonds. The van der Waals surface area contributed by atoms with Crippen molar-refractivity contribution in [3.63, 3.8) is 0 Å². The number of amides is 1. The Labute approximate surface area is 138 Å². The molecule has 0 fully saturated rings. The molecule has 0 bridgehead atoms. The van der Waals surface area contributed by atoms with Gasteiger partial charge in [-0.3, -0.25) is 14.2 Å². The molecule has 0 radical (unpaired) electrons. The summed E-state index contributed by atoms with van der Waals surface area (Å²) in [5.74, 6) is 0.148. The van der Waals surface area contributed by atoms with Crippen molar-refractivity contribution < 1.29 is 4.79 Å². The maximum Gasteiger partial charge on any atom is 0.261 e. The number of nitrogens with two attached hydrogens (primary N) is 1. The van der Waals surface area contributed by atoms with E-state index in [0.29, 0.717) is 28.8 Å². The lowest BCUT2D eigenvalue weighted by Crippen LogP contribution is -2.21. The van der Waals surface area contributed by atoms with Crippen LogP contribution in [0.15, 0.2) is 53.3 Å². The van der Waals surface area contributed by atoms with Gasteiger partial charge in [-0.05, 0) is 41.8 Å². The molecule has 0 unspecified atom stereocenters. The van der Waals surface area contributed by atoms with E-state index < -0.39 is 5.91 Å². The van der Waals surface area contributed by atoms with Gasteiger partial charge in [0.15, 0.2) is 0 Å². The van der Waals surface area contributed by atoms with E-state index in [1.165, 1.54) is 6.07 Å². The predicted molar refractivity (Wildman–Crippen MR) is 93.5 cm³/mol. The zero-order chi connectivity index (χ0) is 16.7. The van der Waals surface area contributed by atoms with E-state index in [-0.39, 0.29) is 5.56 Å². The summed E-state index contributed by atoms with van der Waals surface area (Å²) < 4.78 is 1.67. The zero-order valence-corrected chi connectivity index (χ0v) is 12.9. The summed E-state index contributed by atoms with van der Waals surface area (Å²) in [6, 6.07) is 14.8. The molecule has 2 N–H and O–H groups in total. The molecule has 3 aromatic rings. The molecule has 0 aliphatic carbocycles. The fraction of sp³-hybridized carbons (Fsp3) is 0.105. The van der Waals surface area contributed by atoms with E-state index >= 15 is 0 Å². The molecule has 2 aromatic carbocycles. The number of aromatic nitrogens is 2. The Morgan fingerprint density at radius 2 is 1.96 bits per heavy atom. The molecule has 2 heterocycles. The van der Waals surface area contributed by atoms with E-state index in [4.69, 9.17) is 5.73 Å². The second-order valence-corrected chi connectivity index (χ2v) is 5.82. The van der Waals surface area contributed by atoms with Crippen molar-refractivity contribution in [1.29, 1.82) is 0 Å². The molecule has 24 heavy (non-hydrogen) atoms. The van der Waals surface area contributed by atoms with Gasteiger partial charge in [0, 0.05) is 12.1 Å². The number of rotatable bonds is 2. The highest BCUT2D eigenvalue weighted by Gasteiger charge is 2.21. The molecule has 0 saturated carbocycles. The summed E-state index contributed by atoms with van der Waals surface area (Å²) in [5.41, 5.74) is 8.19. The highest BCUT2D eigenvalue weighted by atomic mass is 16.1. The summed E-state index contributed by atoms with van der Waals surface area (Å²) in [5, 5.41) is 0.427. The van der Waals surface area contributed by atoms with Gasteiger partial charge in [-0.25, -0.2) is 4.98 Å². The number of carbonyl (C=O) groups is 1. The van der Waals surface area contributed by atoms with Crippen LogP contribution >= 0.6 is 0 Å². The van der Waals surface area contributed by atoms with Crippen LogP contribution in [0.25, 0.3) is 22.6 Å². The molecular formula is C19H15N3O2. The van der Waals surface area contributed by atoms with Crippen LogP contribution in [0, 0.1) is 0 Å². The van der Waals surface area contributed by atoms with Crippen LogP contribution in [-0.4, -0.2) is 15.5 Å². The number of fused-ring (bicyclic) bond motifs is 2. The lowest BCUT2D eigenvalue weighted by Gasteiger charge is -2.06. The molecule has 4 rings (SSSR count). The van der Waals surface area contributed by atoms with Crippen molar-refractivity contribution in [3.8, 4) is 0 Å². The maximum absolute atomic E-state index is 12.7. The Kier molecular flexibility index (Phi) is 3.27. The predicted octanol–water partition coefficient (Wildman–Crippen LogP) is 2.44. The highest BCUT2D eigenvalue weighted by Crippen LogP contribution is 2.27. The summed E-state index contributed by atoms with van der Waals surface area (Å²) in [6.07, 6.45) is 2.82. The first-order chi connectivity index (χ1) is 11.6. The van der Waals surface area contributed by atoms with E-state index in [2.05, 4.69) is 11.1 Å². The standard InChI is InChI=1S/C19H15N3O2/c20-17(23)13-6-7-16-15(11-13)19(24)22-9-8-14(18(22)21-16)10-12-4-2-1-3-5-12/h1-7,10-11H,8-9H2,(H2,20,23). The summed E-state index contributed by atoms with van der Waals surface area (Å²) in [4.78, 5) is 28.7. The monoisotopic (exact) mass is 317 g/mol. The molecule has 1 aromatic heterocycles. The van der Waals surface area contributed by atoms with Gasteiger partial charge in [0.05, 0.1) is 10.9 Å². The van der Waals surface area contributed by atoms with Gasteiger partial charge in [-0.1, -0.05) is 30.3 Å². The minimum Gasteiger partial charge on any atom is -0.366 e. The second-order valence-electron chi connectivity index (χ2n) is 5.82. The smallest absolute Gasteiger partial charge is 0.261 e. The van der Waals surface area contributed by atoms with Crippen LogP contribution in [0.4, 0.5) is 0 Å². The summed E-state index contributed by atoms with van der Waals surface area (Å²) in [7, 11) is 0. The second kappa shape index (κ2) is 5.45.